The van der Waals surface area contributed by atoms with Gasteiger partial charge in [0.1, 0.15) is 11.6 Å². The Morgan fingerprint density at radius 3 is 2.76 bits per heavy atom. The van der Waals surface area contributed by atoms with Crippen molar-refractivity contribution in [1.29, 1.82) is 0 Å². The Morgan fingerprint density at radius 1 is 1.14 bits per heavy atom. The molecule has 21 heavy (non-hydrogen) atoms. The lowest BCUT2D eigenvalue weighted by Gasteiger charge is -2.27. The molecular formula is C19H26O2. The third-order valence-corrected chi connectivity index (χ3v) is 5.03. The van der Waals surface area contributed by atoms with Crippen LogP contribution in [0, 0.1) is 11.3 Å². The fraction of sp³-hybridized carbons (Fsp3) is 0.579. The second-order valence-corrected chi connectivity index (χ2v) is 6.63. The minimum absolute atomic E-state index is 0.207. The second kappa shape index (κ2) is 7.02. The standard InChI is InChI=1S/C19H26O2/c1-15-7-6-14-19(2)16(11-13-18(19)21)8-4-3-5-9-17(20)12-10-15/h3-5,7-8,16H,6,9-14H2,1-2H3/b5-3+,8-4+,15-7-/t16-,19+/m1/s1. The predicted molar refractivity (Wildman–Crippen MR) is 86.0 cm³/mol. The molecule has 0 N–H and O–H groups in total. The van der Waals surface area contributed by atoms with E-state index in [1.54, 1.807) is 0 Å². The number of hydrogen-bond acceptors (Lipinski definition) is 2. The van der Waals surface area contributed by atoms with Crippen molar-refractivity contribution in [2.24, 2.45) is 11.3 Å². The van der Waals surface area contributed by atoms with E-state index < -0.39 is 0 Å². The number of Topliss-reactive ketones (excluding diaryl/α,β-unsaturated/α-hetero) is 2. The van der Waals surface area contributed by atoms with Crippen LogP contribution in [0.2, 0.25) is 0 Å². The summed E-state index contributed by atoms with van der Waals surface area (Å²) in [5, 5.41) is 0. The predicted octanol–water partition coefficient (Wildman–Crippen LogP) is 4.56. The third-order valence-electron chi connectivity index (χ3n) is 5.03. The fourth-order valence-electron chi connectivity index (χ4n) is 3.37. The highest BCUT2D eigenvalue weighted by atomic mass is 16.1. The van der Waals surface area contributed by atoms with Crippen LogP contribution in [0.1, 0.15) is 58.8 Å². The van der Waals surface area contributed by atoms with Gasteiger partial charge >= 0.3 is 0 Å². The summed E-state index contributed by atoms with van der Waals surface area (Å²) in [4.78, 5) is 24.0. The molecule has 0 aromatic rings. The van der Waals surface area contributed by atoms with Crippen molar-refractivity contribution < 1.29 is 9.59 Å². The molecule has 2 aliphatic rings. The first kappa shape index (κ1) is 15.9. The zero-order valence-electron chi connectivity index (χ0n) is 13.2. The van der Waals surface area contributed by atoms with Crippen molar-refractivity contribution in [3.8, 4) is 0 Å². The van der Waals surface area contributed by atoms with E-state index in [0.717, 1.165) is 25.7 Å². The van der Waals surface area contributed by atoms with Crippen molar-refractivity contribution in [2.45, 2.75) is 58.8 Å². The molecule has 2 rings (SSSR count). The Morgan fingerprint density at radius 2 is 1.95 bits per heavy atom. The molecule has 0 aromatic carbocycles. The maximum Gasteiger partial charge on any atom is 0.139 e. The van der Waals surface area contributed by atoms with Crippen molar-refractivity contribution in [1.82, 2.24) is 0 Å². The number of ketones is 2. The van der Waals surface area contributed by atoms with Gasteiger partial charge < -0.3 is 0 Å². The minimum Gasteiger partial charge on any atom is -0.299 e. The van der Waals surface area contributed by atoms with Crippen LogP contribution < -0.4 is 0 Å². The van der Waals surface area contributed by atoms with Gasteiger partial charge in [-0.25, -0.2) is 0 Å². The molecule has 0 bridgehead atoms. The average molecular weight is 286 g/mol. The Hall–Kier alpha value is -1.44. The van der Waals surface area contributed by atoms with Crippen LogP contribution in [0.15, 0.2) is 36.0 Å². The van der Waals surface area contributed by atoms with Crippen molar-refractivity contribution in [2.75, 3.05) is 0 Å². The van der Waals surface area contributed by atoms with Gasteiger partial charge in [0.15, 0.2) is 0 Å². The van der Waals surface area contributed by atoms with Gasteiger partial charge in [-0.2, -0.15) is 0 Å². The Kier molecular flexibility index (Phi) is 5.33. The highest BCUT2D eigenvalue weighted by Gasteiger charge is 2.43. The van der Waals surface area contributed by atoms with Crippen LogP contribution in [0.4, 0.5) is 0 Å². The highest BCUT2D eigenvalue weighted by Crippen LogP contribution is 2.44. The lowest BCUT2D eigenvalue weighted by Crippen LogP contribution is -2.27. The SMILES string of the molecule is C/C1=C/CC[C@]2(C)C(=O)CC[C@H]2/C=C/C=C/CC(=O)CC1. The smallest absolute Gasteiger partial charge is 0.139 e. The van der Waals surface area contributed by atoms with E-state index in [9.17, 15) is 9.59 Å². The van der Waals surface area contributed by atoms with E-state index in [-0.39, 0.29) is 5.41 Å². The molecule has 1 fully saturated rings. The quantitative estimate of drug-likeness (QED) is 0.612. The summed E-state index contributed by atoms with van der Waals surface area (Å²) in [7, 11) is 0. The molecule has 2 nitrogen and oxygen atoms in total. The van der Waals surface area contributed by atoms with Gasteiger partial charge in [0.05, 0.1) is 0 Å². The molecule has 114 valence electrons. The molecule has 0 unspecified atom stereocenters. The van der Waals surface area contributed by atoms with Crippen molar-refractivity contribution >= 4 is 11.6 Å². The summed E-state index contributed by atoms with van der Waals surface area (Å²) >= 11 is 0. The number of carbonyl (C=O) groups excluding carboxylic acids is 2. The van der Waals surface area contributed by atoms with Crippen molar-refractivity contribution in [3.05, 3.63) is 36.0 Å². The molecule has 2 heteroatoms. The Balaban J connectivity index is 2.18. The number of rotatable bonds is 0. The molecule has 0 spiro atoms. The van der Waals surface area contributed by atoms with Gasteiger partial charge in [0.25, 0.3) is 0 Å². The first-order valence-electron chi connectivity index (χ1n) is 8.06. The van der Waals surface area contributed by atoms with Gasteiger partial charge in [-0.3, -0.25) is 9.59 Å². The van der Waals surface area contributed by atoms with Gasteiger partial charge in [-0.1, -0.05) is 42.9 Å². The number of hydrogen-bond donors (Lipinski definition) is 0. The summed E-state index contributed by atoms with van der Waals surface area (Å²) in [5.74, 6) is 1.04. The molecule has 2 aliphatic carbocycles. The fourth-order valence-corrected chi connectivity index (χ4v) is 3.37. The maximum atomic E-state index is 12.3. The summed E-state index contributed by atoms with van der Waals surface area (Å²) in [6.07, 6.45) is 15.8. The largest absolute Gasteiger partial charge is 0.299 e. The zero-order valence-corrected chi connectivity index (χ0v) is 13.2. The normalized spacial score (nSPS) is 37.2. The summed E-state index contributed by atoms with van der Waals surface area (Å²) in [6.45, 7) is 4.21. The van der Waals surface area contributed by atoms with Crippen LogP contribution in [0.5, 0.6) is 0 Å². The number of carbonyl (C=O) groups is 2. The van der Waals surface area contributed by atoms with Crippen LogP contribution in [0.3, 0.4) is 0 Å². The Bertz CT molecular complexity index is 496. The lowest BCUT2D eigenvalue weighted by molar-refractivity contribution is -0.126. The summed E-state index contributed by atoms with van der Waals surface area (Å²) in [5.41, 5.74) is 1.06. The monoisotopic (exact) mass is 286 g/mol. The molecule has 2 atom stereocenters. The van der Waals surface area contributed by atoms with Gasteiger partial charge in [-0.05, 0) is 38.5 Å². The van der Waals surface area contributed by atoms with Crippen LogP contribution >= 0.6 is 0 Å². The van der Waals surface area contributed by atoms with Crippen LogP contribution in [0.25, 0.3) is 0 Å². The molecule has 0 radical (unpaired) electrons. The topological polar surface area (TPSA) is 34.1 Å². The first-order valence-corrected chi connectivity index (χ1v) is 8.06. The van der Waals surface area contributed by atoms with E-state index >= 15 is 0 Å². The lowest BCUT2D eigenvalue weighted by atomic mass is 9.75. The molecule has 1 saturated carbocycles. The van der Waals surface area contributed by atoms with Crippen LogP contribution in [-0.2, 0) is 9.59 Å². The molecule has 0 heterocycles. The Labute approximate surface area is 128 Å². The number of fused-ring (bicyclic) bond motifs is 1. The molecule has 0 aliphatic heterocycles. The number of allylic oxidation sites excluding steroid dienone is 6. The molecule has 0 amide bonds. The van der Waals surface area contributed by atoms with Gasteiger partial charge in [0, 0.05) is 24.7 Å². The maximum absolute atomic E-state index is 12.3. The molecule has 0 saturated heterocycles. The first-order chi connectivity index (χ1) is 10.0. The van der Waals surface area contributed by atoms with Gasteiger partial charge in [-0.15, -0.1) is 0 Å². The van der Waals surface area contributed by atoms with E-state index in [1.807, 2.05) is 18.2 Å². The van der Waals surface area contributed by atoms with Gasteiger partial charge in [0.2, 0.25) is 0 Å². The minimum atomic E-state index is -0.207. The van der Waals surface area contributed by atoms with E-state index in [4.69, 9.17) is 0 Å². The van der Waals surface area contributed by atoms with Crippen molar-refractivity contribution in [3.63, 3.8) is 0 Å². The van der Waals surface area contributed by atoms with E-state index in [0.29, 0.717) is 36.7 Å². The zero-order chi connectivity index (χ0) is 15.3. The van der Waals surface area contributed by atoms with E-state index in [2.05, 4.69) is 26.0 Å². The molecule has 0 aromatic heterocycles. The highest BCUT2D eigenvalue weighted by molar-refractivity contribution is 5.87. The van der Waals surface area contributed by atoms with E-state index in [1.165, 1.54) is 5.57 Å². The average Bonchev–Trinajstić information content (AvgIpc) is 2.72. The summed E-state index contributed by atoms with van der Waals surface area (Å²) < 4.78 is 0. The molecular weight excluding hydrogens is 260 g/mol. The summed E-state index contributed by atoms with van der Waals surface area (Å²) in [6, 6.07) is 0. The van der Waals surface area contributed by atoms with Crippen LogP contribution in [-0.4, -0.2) is 11.6 Å². The third kappa shape index (κ3) is 4.03. The second-order valence-electron chi connectivity index (χ2n) is 6.63.